The molecule has 0 saturated carbocycles. The molecule has 0 fully saturated rings. The molecule has 0 saturated heterocycles. The maximum absolute atomic E-state index is 13.6. The molecule has 1 aromatic rings. The van der Waals surface area contributed by atoms with Gasteiger partial charge in [0.15, 0.2) is 0 Å². The zero-order chi connectivity index (χ0) is 13.8. The molecule has 18 heavy (non-hydrogen) atoms. The third kappa shape index (κ3) is 5.46. The van der Waals surface area contributed by atoms with E-state index >= 15 is 0 Å². The van der Waals surface area contributed by atoms with Gasteiger partial charge in [-0.3, -0.25) is 0 Å². The molecule has 2 nitrogen and oxygen atoms in total. The number of likely N-dealkylation sites (N-methyl/N-ethyl adjacent to an activating group) is 1. The van der Waals surface area contributed by atoms with E-state index in [1.807, 2.05) is 13.1 Å². The first-order chi connectivity index (χ1) is 8.29. The van der Waals surface area contributed by atoms with Crippen LogP contribution in [0.1, 0.15) is 26.3 Å². The largest absolute Gasteiger partial charge is 0.311 e. The van der Waals surface area contributed by atoms with Crippen molar-refractivity contribution in [2.45, 2.75) is 32.9 Å². The van der Waals surface area contributed by atoms with Gasteiger partial charge in [0.2, 0.25) is 0 Å². The summed E-state index contributed by atoms with van der Waals surface area (Å²) < 4.78 is 14.5. The van der Waals surface area contributed by atoms with Crippen molar-refractivity contribution in [2.24, 2.45) is 0 Å². The van der Waals surface area contributed by atoms with E-state index in [0.717, 1.165) is 23.1 Å². The predicted octanol–water partition coefficient (Wildman–Crippen LogP) is 3.41. The lowest BCUT2D eigenvalue weighted by Gasteiger charge is -2.24. The predicted molar refractivity (Wildman–Crippen MR) is 78.2 cm³/mol. The summed E-state index contributed by atoms with van der Waals surface area (Å²) in [6.07, 6.45) is 0. The summed E-state index contributed by atoms with van der Waals surface area (Å²) in [7, 11) is 2.00. The van der Waals surface area contributed by atoms with Crippen molar-refractivity contribution in [3.8, 4) is 0 Å². The molecule has 0 heterocycles. The lowest BCUT2D eigenvalue weighted by molar-refractivity contribution is 0.299. The molecule has 102 valence electrons. The highest BCUT2D eigenvalue weighted by Crippen LogP contribution is 2.20. The van der Waals surface area contributed by atoms with Gasteiger partial charge in [0.05, 0.1) is 0 Å². The number of nitrogens with one attached hydrogen (secondary N) is 1. The van der Waals surface area contributed by atoms with Crippen LogP contribution in [0, 0.1) is 5.82 Å². The van der Waals surface area contributed by atoms with Crippen LogP contribution in [0.5, 0.6) is 0 Å². The summed E-state index contributed by atoms with van der Waals surface area (Å²) in [5.74, 6) is -0.153. The molecule has 1 N–H and O–H groups in total. The average molecular weight is 317 g/mol. The highest BCUT2D eigenvalue weighted by molar-refractivity contribution is 9.10. The van der Waals surface area contributed by atoms with E-state index in [2.05, 4.69) is 46.9 Å². The van der Waals surface area contributed by atoms with Crippen molar-refractivity contribution in [3.63, 3.8) is 0 Å². The van der Waals surface area contributed by atoms with Gasteiger partial charge in [0.1, 0.15) is 5.82 Å². The Morgan fingerprint density at radius 3 is 2.56 bits per heavy atom. The number of hydrogen-bond acceptors (Lipinski definition) is 2. The Morgan fingerprint density at radius 2 is 2.00 bits per heavy atom. The average Bonchev–Trinajstić information content (AvgIpc) is 2.22. The Labute approximate surface area is 118 Å². The summed E-state index contributed by atoms with van der Waals surface area (Å²) in [6, 6.07) is 5.09. The van der Waals surface area contributed by atoms with Gasteiger partial charge in [-0.25, -0.2) is 4.39 Å². The normalized spacial score (nSPS) is 12.2. The van der Waals surface area contributed by atoms with E-state index in [-0.39, 0.29) is 11.4 Å². The fraction of sp³-hybridized carbons (Fsp3) is 0.571. The SMILES string of the molecule is CN(CCNC(C)(C)C)Cc1c(F)cccc1Br. The lowest BCUT2D eigenvalue weighted by Crippen LogP contribution is -2.40. The second kappa shape index (κ2) is 6.64. The van der Waals surface area contributed by atoms with Crippen LogP contribution in [-0.4, -0.2) is 30.6 Å². The third-order valence-electron chi connectivity index (χ3n) is 2.64. The van der Waals surface area contributed by atoms with E-state index in [9.17, 15) is 4.39 Å². The van der Waals surface area contributed by atoms with Gasteiger partial charge >= 0.3 is 0 Å². The topological polar surface area (TPSA) is 15.3 Å². The fourth-order valence-corrected chi connectivity index (χ4v) is 2.12. The second-order valence-electron chi connectivity index (χ2n) is 5.61. The molecule has 4 heteroatoms. The molecular formula is C14H22BrFN2. The van der Waals surface area contributed by atoms with Gasteiger partial charge in [-0.15, -0.1) is 0 Å². The zero-order valence-electron chi connectivity index (χ0n) is 11.6. The number of benzene rings is 1. The van der Waals surface area contributed by atoms with E-state index in [1.165, 1.54) is 6.07 Å². The number of nitrogens with zero attached hydrogens (tertiary/aromatic N) is 1. The molecule has 0 spiro atoms. The monoisotopic (exact) mass is 316 g/mol. The van der Waals surface area contributed by atoms with Crippen LogP contribution in [0.15, 0.2) is 22.7 Å². The lowest BCUT2D eigenvalue weighted by atomic mass is 10.1. The van der Waals surface area contributed by atoms with Gasteiger partial charge in [-0.05, 0) is 40.0 Å². The minimum Gasteiger partial charge on any atom is -0.311 e. The van der Waals surface area contributed by atoms with Crippen LogP contribution in [0.2, 0.25) is 0 Å². The summed E-state index contributed by atoms with van der Waals surface area (Å²) >= 11 is 3.39. The van der Waals surface area contributed by atoms with Gasteiger partial charge < -0.3 is 10.2 Å². The molecule has 0 unspecified atom stereocenters. The van der Waals surface area contributed by atoms with E-state index in [4.69, 9.17) is 0 Å². The molecule has 0 bridgehead atoms. The second-order valence-corrected chi connectivity index (χ2v) is 6.47. The first-order valence-corrected chi connectivity index (χ1v) is 6.95. The van der Waals surface area contributed by atoms with Crippen molar-refractivity contribution >= 4 is 15.9 Å². The van der Waals surface area contributed by atoms with Gasteiger partial charge in [0, 0.05) is 35.2 Å². The maximum atomic E-state index is 13.6. The van der Waals surface area contributed by atoms with Crippen molar-refractivity contribution in [1.29, 1.82) is 0 Å². The van der Waals surface area contributed by atoms with Crippen molar-refractivity contribution in [1.82, 2.24) is 10.2 Å². The van der Waals surface area contributed by atoms with Crippen molar-refractivity contribution in [3.05, 3.63) is 34.1 Å². The molecule has 0 aliphatic heterocycles. The minimum atomic E-state index is -0.153. The van der Waals surface area contributed by atoms with Crippen LogP contribution in [0.3, 0.4) is 0 Å². The molecule has 0 aliphatic rings. The molecule has 0 radical (unpaired) electrons. The Kier molecular flexibility index (Phi) is 5.76. The van der Waals surface area contributed by atoms with Crippen LogP contribution in [0.4, 0.5) is 4.39 Å². The maximum Gasteiger partial charge on any atom is 0.128 e. The molecule has 1 aromatic carbocycles. The summed E-state index contributed by atoms with van der Waals surface area (Å²) in [4.78, 5) is 2.11. The van der Waals surface area contributed by atoms with Crippen LogP contribution in [-0.2, 0) is 6.54 Å². The zero-order valence-corrected chi connectivity index (χ0v) is 13.1. The van der Waals surface area contributed by atoms with Gasteiger partial charge in [-0.1, -0.05) is 22.0 Å². The molecule has 1 rings (SSSR count). The fourth-order valence-electron chi connectivity index (χ4n) is 1.65. The molecule has 0 aromatic heterocycles. The van der Waals surface area contributed by atoms with E-state index in [0.29, 0.717) is 6.54 Å². The Hall–Kier alpha value is -0.450. The highest BCUT2D eigenvalue weighted by atomic mass is 79.9. The summed E-state index contributed by atoms with van der Waals surface area (Å²) in [6.45, 7) is 8.81. The molecule has 0 aliphatic carbocycles. The molecular weight excluding hydrogens is 295 g/mol. The highest BCUT2D eigenvalue weighted by Gasteiger charge is 2.11. The van der Waals surface area contributed by atoms with Crippen LogP contribution in [0.25, 0.3) is 0 Å². The minimum absolute atomic E-state index is 0.124. The first-order valence-electron chi connectivity index (χ1n) is 6.16. The molecule has 0 amide bonds. The van der Waals surface area contributed by atoms with Crippen molar-refractivity contribution in [2.75, 3.05) is 20.1 Å². The van der Waals surface area contributed by atoms with Gasteiger partial charge in [-0.2, -0.15) is 0 Å². The van der Waals surface area contributed by atoms with Gasteiger partial charge in [0.25, 0.3) is 0 Å². The summed E-state index contributed by atoms with van der Waals surface area (Å²) in [5, 5.41) is 3.42. The van der Waals surface area contributed by atoms with Crippen molar-refractivity contribution < 1.29 is 4.39 Å². The first kappa shape index (κ1) is 15.6. The smallest absolute Gasteiger partial charge is 0.128 e. The quantitative estimate of drug-likeness (QED) is 0.895. The summed E-state index contributed by atoms with van der Waals surface area (Å²) in [5.41, 5.74) is 0.843. The Balaban J connectivity index is 2.47. The Morgan fingerprint density at radius 1 is 1.33 bits per heavy atom. The van der Waals surface area contributed by atoms with Crippen LogP contribution >= 0.6 is 15.9 Å². The third-order valence-corrected chi connectivity index (χ3v) is 3.38. The van der Waals surface area contributed by atoms with E-state index in [1.54, 1.807) is 6.07 Å². The number of halogens is 2. The standard InChI is InChI=1S/C14H22BrFN2/c1-14(2,3)17-8-9-18(4)10-11-12(15)6-5-7-13(11)16/h5-7,17H,8-10H2,1-4H3. The molecule has 0 atom stereocenters. The number of hydrogen-bond donors (Lipinski definition) is 1. The van der Waals surface area contributed by atoms with E-state index < -0.39 is 0 Å². The van der Waals surface area contributed by atoms with Crippen LogP contribution < -0.4 is 5.32 Å². The number of rotatable bonds is 5. The Bertz CT molecular complexity index is 368.